The maximum absolute atomic E-state index is 13.3. The molecular weight excluding hydrogens is 263 g/mol. The lowest BCUT2D eigenvalue weighted by Crippen LogP contribution is -2.27. The van der Waals surface area contributed by atoms with Crippen LogP contribution in [-0.2, 0) is 13.0 Å². The number of nitriles is 1. The fraction of sp³-hybridized carbons (Fsp3) is 0.278. The van der Waals surface area contributed by atoms with Gasteiger partial charge in [0.2, 0.25) is 0 Å². The fourth-order valence-corrected chi connectivity index (χ4v) is 2.30. The van der Waals surface area contributed by atoms with Crippen LogP contribution in [0.5, 0.6) is 0 Å². The molecule has 0 radical (unpaired) electrons. The molecule has 0 heterocycles. The van der Waals surface area contributed by atoms with E-state index >= 15 is 0 Å². The molecule has 0 saturated carbocycles. The minimum absolute atomic E-state index is 0.0980. The molecular formula is C18H19FN2. The monoisotopic (exact) mass is 282 g/mol. The second kappa shape index (κ2) is 7.01. The summed E-state index contributed by atoms with van der Waals surface area (Å²) in [5.41, 5.74) is 3.64. The molecule has 2 rings (SSSR count). The summed E-state index contributed by atoms with van der Waals surface area (Å²) >= 11 is 0. The maximum atomic E-state index is 13.3. The van der Waals surface area contributed by atoms with Gasteiger partial charge < -0.3 is 5.32 Å². The van der Waals surface area contributed by atoms with E-state index in [0.717, 1.165) is 12.0 Å². The number of hydrogen-bond donors (Lipinski definition) is 1. The van der Waals surface area contributed by atoms with Gasteiger partial charge >= 0.3 is 0 Å². The number of hydrogen-bond acceptors (Lipinski definition) is 2. The number of benzene rings is 2. The molecule has 0 aliphatic rings. The van der Waals surface area contributed by atoms with Gasteiger partial charge in [0.15, 0.2) is 0 Å². The van der Waals surface area contributed by atoms with Crippen molar-refractivity contribution in [2.45, 2.75) is 32.9 Å². The average Bonchev–Trinajstić information content (AvgIpc) is 2.49. The Morgan fingerprint density at radius 1 is 1.24 bits per heavy atom. The minimum Gasteiger partial charge on any atom is -0.310 e. The van der Waals surface area contributed by atoms with Crippen LogP contribution in [0.25, 0.3) is 0 Å². The topological polar surface area (TPSA) is 35.8 Å². The second-order valence-corrected chi connectivity index (χ2v) is 5.34. The van der Waals surface area contributed by atoms with Crippen LogP contribution < -0.4 is 5.32 Å². The normalized spacial score (nSPS) is 11.9. The molecule has 0 amide bonds. The number of rotatable bonds is 5. The average molecular weight is 282 g/mol. The summed E-state index contributed by atoms with van der Waals surface area (Å²) in [7, 11) is 0. The fourth-order valence-electron chi connectivity index (χ4n) is 2.30. The van der Waals surface area contributed by atoms with Crippen molar-refractivity contribution >= 4 is 0 Å². The van der Waals surface area contributed by atoms with Crippen molar-refractivity contribution in [1.82, 2.24) is 5.32 Å². The van der Waals surface area contributed by atoms with Crippen LogP contribution in [-0.4, -0.2) is 6.04 Å². The Balaban J connectivity index is 1.94. The van der Waals surface area contributed by atoms with E-state index in [1.807, 2.05) is 18.2 Å². The quantitative estimate of drug-likeness (QED) is 0.907. The third-order valence-electron chi connectivity index (χ3n) is 3.59. The van der Waals surface area contributed by atoms with Crippen molar-refractivity contribution in [2.75, 3.05) is 0 Å². The Labute approximate surface area is 125 Å². The van der Waals surface area contributed by atoms with Crippen molar-refractivity contribution in [2.24, 2.45) is 0 Å². The highest BCUT2D eigenvalue weighted by Crippen LogP contribution is 2.12. The van der Waals surface area contributed by atoms with E-state index in [4.69, 9.17) is 5.26 Å². The van der Waals surface area contributed by atoms with Gasteiger partial charge in [0.05, 0.1) is 5.56 Å². The molecule has 0 bridgehead atoms. The van der Waals surface area contributed by atoms with Crippen molar-refractivity contribution < 1.29 is 4.39 Å². The largest absolute Gasteiger partial charge is 0.310 e. The summed E-state index contributed by atoms with van der Waals surface area (Å²) in [4.78, 5) is 0. The highest BCUT2D eigenvalue weighted by Gasteiger charge is 2.07. The van der Waals surface area contributed by atoms with Crippen molar-refractivity contribution in [3.05, 3.63) is 70.5 Å². The molecule has 0 aliphatic heterocycles. The van der Waals surface area contributed by atoms with Crippen LogP contribution in [0.4, 0.5) is 4.39 Å². The van der Waals surface area contributed by atoms with Gasteiger partial charge in [-0.3, -0.25) is 0 Å². The third-order valence-corrected chi connectivity index (χ3v) is 3.59. The molecule has 108 valence electrons. The molecule has 2 aromatic carbocycles. The molecule has 2 nitrogen and oxygen atoms in total. The van der Waals surface area contributed by atoms with Crippen LogP contribution >= 0.6 is 0 Å². The Morgan fingerprint density at radius 2 is 2.00 bits per heavy atom. The molecule has 0 saturated heterocycles. The van der Waals surface area contributed by atoms with Crippen LogP contribution in [0, 0.1) is 24.1 Å². The molecule has 0 aromatic heterocycles. The van der Waals surface area contributed by atoms with E-state index in [1.165, 1.54) is 17.2 Å². The van der Waals surface area contributed by atoms with Gasteiger partial charge in [0, 0.05) is 12.6 Å². The van der Waals surface area contributed by atoms with Crippen molar-refractivity contribution in [3.8, 4) is 6.07 Å². The molecule has 1 unspecified atom stereocenters. The first-order valence-corrected chi connectivity index (χ1v) is 7.06. The smallest absolute Gasteiger partial charge is 0.140 e. The molecule has 3 heteroatoms. The van der Waals surface area contributed by atoms with E-state index < -0.39 is 5.82 Å². The lowest BCUT2D eigenvalue weighted by Gasteiger charge is -2.15. The van der Waals surface area contributed by atoms with Crippen LogP contribution in [0.15, 0.2) is 42.5 Å². The van der Waals surface area contributed by atoms with E-state index in [9.17, 15) is 4.39 Å². The first-order chi connectivity index (χ1) is 10.1. The zero-order valence-corrected chi connectivity index (χ0v) is 12.4. The zero-order chi connectivity index (χ0) is 15.2. The molecule has 0 fully saturated rings. The van der Waals surface area contributed by atoms with Gasteiger partial charge in [0.25, 0.3) is 0 Å². The third kappa shape index (κ3) is 4.14. The number of aryl methyl sites for hydroxylation is 1. The van der Waals surface area contributed by atoms with Crippen LogP contribution in [0.2, 0.25) is 0 Å². The first kappa shape index (κ1) is 15.2. The summed E-state index contributed by atoms with van der Waals surface area (Å²) < 4.78 is 13.3. The minimum atomic E-state index is -0.464. The highest BCUT2D eigenvalue weighted by molar-refractivity contribution is 5.34. The summed E-state index contributed by atoms with van der Waals surface area (Å²) in [6, 6.07) is 15.2. The van der Waals surface area contributed by atoms with Gasteiger partial charge in [-0.2, -0.15) is 5.26 Å². The standard InChI is InChI=1S/C18H19FN2/c1-13-5-3-4-6-16(13)9-14(2)21-12-15-7-8-18(19)17(10-15)11-20/h3-8,10,14,21H,9,12H2,1-2H3. The summed E-state index contributed by atoms with van der Waals surface area (Å²) in [6.07, 6.45) is 0.943. The number of halogens is 1. The molecule has 21 heavy (non-hydrogen) atoms. The number of nitrogens with one attached hydrogen (secondary N) is 1. The van der Waals surface area contributed by atoms with Gasteiger partial charge in [-0.15, -0.1) is 0 Å². The Hall–Kier alpha value is -2.18. The summed E-state index contributed by atoms with van der Waals surface area (Å²) in [5.74, 6) is -0.464. The molecule has 2 aromatic rings. The Bertz CT molecular complexity index is 659. The predicted molar refractivity (Wildman–Crippen MR) is 82.3 cm³/mol. The van der Waals surface area contributed by atoms with Gasteiger partial charge in [-0.05, 0) is 49.1 Å². The lowest BCUT2D eigenvalue weighted by atomic mass is 10.0. The number of nitrogens with zero attached hydrogens (tertiary/aromatic N) is 1. The molecule has 0 spiro atoms. The van der Waals surface area contributed by atoms with Crippen LogP contribution in [0.1, 0.15) is 29.2 Å². The molecule has 1 atom stereocenters. The lowest BCUT2D eigenvalue weighted by molar-refractivity contribution is 0.543. The predicted octanol–water partition coefficient (Wildman–Crippen LogP) is 3.73. The Morgan fingerprint density at radius 3 is 2.71 bits per heavy atom. The van der Waals surface area contributed by atoms with E-state index in [-0.39, 0.29) is 5.56 Å². The van der Waals surface area contributed by atoms with Crippen LogP contribution in [0.3, 0.4) is 0 Å². The summed E-state index contributed by atoms with van der Waals surface area (Å²) in [5, 5.41) is 12.2. The van der Waals surface area contributed by atoms with Gasteiger partial charge in [0.1, 0.15) is 11.9 Å². The zero-order valence-electron chi connectivity index (χ0n) is 12.4. The van der Waals surface area contributed by atoms with E-state index in [0.29, 0.717) is 12.6 Å². The van der Waals surface area contributed by atoms with Crippen molar-refractivity contribution in [3.63, 3.8) is 0 Å². The highest BCUT2D eigenvalue weighted by atomic mass is 19.1. The first-order valence-electron chi connectivity index (χ1n) is 7.06. The molecule has 1 N–H and O–H groups in total. The van der Waals surface area contributed by atoms with E-state index in [2.05, 4.69) is 31.3 Å². The SMILES string of the molecule is Cc1ccccc1CC(C)NCc1ccc(F)c(C#N)c1. The maximum Gasteiger partial charge on any atom is 0.140 e. The second-order valence-electron chi connectivity index (χ2n) is 5.34. The Kier molecular flexibility index (Phi) is 5.08. The van der Waals surface area contributed by atoms with Gasteiger partial charge in [-0.1, -0.05) is 30.3 Å². The molecule has 0 aliphatic carbocycles. The summed E-state index contributed by atoms with van der Waals surface area (Å²) in [6.45, 7) is 4.87. The van der Waals surface area contributed by atoms with Gasteiger partial charge in [-0.25, -0.2) is 4.39 Å². The van der Waals surface area contributed by atoms with E-state index in [1.54, 1.807) is 12.1 Å². The van der Waals surface area contributed by atoms with Crippen molar-refractivity contribution in [1.29, 1.82) is 5.26 Å².